The van der Waals surface area contributed by atoms with Crippen molar-refractivity contribution in [2.24, 2.45) is 5.73 Å². The molecule has 1 atom stereocenters. The molecule has 0 bridgehead atoms. The van der Waals surface area contributed by atoms with Gasteiger partial charge in [0.25, 0.3) is 0 Å². The summed E-state index contributed by atoms with van der Waals surface area (Å²) in [7, 11) is 0. The second-order valence-electron chi connectivity index (χ2n) is 4.31. The van der Waals surface area contributed by atoms with E-state index in [2.05, 4.69) is 10.1 Å². The van der Waals surface area contributed by atoms with Crippen LogP contribution in [-0.2, 0) is 17.6 Å². The Kier molecular flexibility index (Phi) is 5.11. The Labute approximate surface area is 111 Å². The summed E-state index contributed by atoms with van der Waals surface area (Å²) in [5, 5.41) is 3.87. The van der Waals surface area contributed by atoms with E-state index in [1.165, 1.54) is 0 Å². The van der Waals surface area contributed by atoms with Crippen LogP contribution in [0.4, 0.5) is 0 Å². The monoisotopic (exact) mass is 265 g/mol. The van der Waals surface area contributed by atoms with E-state index in [9.17, 15) is 0 Å². The number of furan rings is 1. The van der Waals surface area contributed by atoms with Gasteiger partial charge in [-0.15, -0.1) is 0 Å². The lowest BCUT2D eigenvalue weighted by atomic mass is 10.2. The molecule has 2 aromatic heterocycles. The molecule has 0 aliphatic heterocycles. The molecule has 0 aliphatic carbocycles. The fourth-order valence-electron chi connectivity index (χ4n) is 1.63. The van der Waals surface area contributed by atoms with Crippen LogP contribution in [0.25, 0.3) is 0 Å². The van der Waals surface area contributed by atoms with Crippen molar-refractivity contribution in [3.05, 3.63) is 35.9 Å². The average molecular weight is 265 g/mol. The molecule has 2 N–H and O–H groups in total. The lowest BCUT2D eigenvalue weighted by Crippen LogP contribution is -2.18. The Hall–Kier alpha value is -1.66. The van der Waals surface area contributed by atoms with Crippen molar-refractivity contribution in [1.82, 2.24) is 10.1 Å². The van der Waals surface area contributed by atoms with Crippen molar-refractivity contribution in [3.63, 3.8) is 0 Å². The summed E-state index contributed by atoms with van der Waals surface area (Å²) in [5.41, 5.74) is 5.91. The fraction of sp³-hybridized carbons (Fsp3) is 0.538. The first-order valence-electron chi connectivity index (χ1n) is 6.47. The number of ether oxygens (including phenoxy) is 1. The van der Waals surface area contributed by atoms with E-state index < -0.39 is 0 Å². The lowest BCUT2D eigenvalue weighted by Gasteiger charge is -2.06. The topological polar surface area (TPSA) is 87.3 Å². The molecule has 0 amide bonds. The van der Waals surface area contributed by atoms with Crippen molar-refractivity contribution >= 4 is 0 Å². The maximum Gasteiger partial charge on any atom is 0.227 e. The maximum absolute atomic E-state index is 5.91. The maximum atomic E-state index is 5.91. The van der Waals surface area contributed by atoms with Gasteiger partial charge >= 0.3 is 0 Å². The molecular weight excluding hydrogens is 246 g/mol. The van der Waals surface area contributed by atoms with Crippen LogP contribution >= 0.6 is 0 Å². The number of rotatable bonds is 8. The van der Waals surface area contributed by atoms with Gasteiger partial charge in [-0.2, -0.15) is 4.98 Å². The Morgan fingerprint density at radius 3 is 3.05 bits per heavy atom. The molecule has 2 aromatic rings. The number of hydrogen-bond acceptors (Lipinski definition) is 6. The van der Waals surface area contributed by atoms with Crippen LogP contribution in [0.1, 0.15) is 36.9 Å². The third-order valence-corrected chi connectivity index (χ3v) is 2.63. The zero-order valence-corrected chi connectivity index (χ0v) is 11.0. The average Bonchev–Trinajstić information content (AvgIpc) is 3.08. The number of nitrogens with zero attached hydrogens (tertiary/aromatic N) is 2. The zero-order valence-electron chi connectivity index (χ0n) is 11.0. The smallest absolute Gasteiger partial charge is 0.227 e. The molecule has 2 rings (SSSR count). The summed E-state index contributed by atoms with van der Waals surface area (Å²) in [6.07, 6.45) is 3.99. The highest BCUT2D eigenvalue weighted by molar-refractivity contribution is 5.01. The van der Waals surface area contributed by atoms with Gasteiger partial charge in [0, 0.05) is 19.4 Å². The largest absolute Gasteiger partial charge is 0.469 e. The molecule has 1 unspecified atom stereocenters. The second-order valence-corrected chi connectivity index (χ2v) is 4.31. The van der Waals surface area contributed by atoms with Gasteiger partial charge in [0.05, 0.1) is 18.9 Å². The molecule has 19 heavy (non-hydrogen) atoms. The number of nitrogens with two attached hydrogens (primary N) is 1. The van der Waals surface area contributed by atoms with E-state index in [1.807, 2.05) is 19.1 Å². The Bertz CT molecular complexity index is 467. The van der Waals surface area contributed by atoms with Gasteiger partial charge in [0.1, 0.15) is 5.76 Å². The summed E-state index contributed by atoms with van der Waals surface area (Å²) >= 11 is 0. The van der Waals surface area contributed by atoms with Crippen molar-refractivity contribution in [3.8, 4) is 0 Å². The number of aromatic nitrogens is 2. The highest BCUT2D eigenvalue weighted by Gasteiger charge is 2.14. The minimum absolute atomic E-state index is 0.340. The quantitative estimate of drug-likeness (QED) is 0.733. The fourth-order valence-corrected chi connectivity index (χ4v) is 1.63. The molecule has 0 saturated carbocycles. The summed E-state index contributed by atoms with van der Waals surface area (Å²) in [6, 6.07) is 3.43. The van der Waals surface area contributed by atoms with Crippen LogP contribution in [0.3, 0.4) is 0 Å². The highest BCUT2D eigenvalue weighted by Crippen LogP contribution is 2.10. The number of aryl methyl sites for hydroxylation is 2. The van der Waals surface area contributed by atoms with Crippen LogP contribution in [0.5, 0.6) is 0 Å². The van der Waals surface area contributed by atoms with Crippen LogP contribution in [-0.4, -0.2) is 23.4 Å². The van der Waals surface area contributed by atoms with E-state index in [1.54, 1.807) is 6.26 Å². The normalized spacial score (nSPS) is 12.7. The van der Waals surface area contributed by atoms with Gasteiger partial charge < -0.3 is 19.4 Å². The van der Waals surface area contributed by atoms with Gasteiger partial charge in [-0.1, -0.05) is 12.1 Å². The van der Waals surface area contributed by atoms with Gasteiger partial charge in [-0.05, 0) is 18.6 Å². The molecular formula is C13H19N3O3. The molecule has 0 aliphatic rings. The van der Waals surface area contributed by atoms with Gasteiger partial charge in [0.2, 0.25) is 5.89 Å². The van der Waals surface area contributed by atoms with E-state index in [4.69, 9.17) is 19.4 Å². The van der Waals surface area contributed by atoms with E-state index in [-0.39, 0.29) is 6.04 Å². The van der Waals surface area contributed by atoms with Crippen LogP contribution in [0, 0.1) is 0 Å². The molecule has 0 saturated heterocycles. The van der Waals surface area contributed by atoms with Gasteiger partial charge in [-0.25, -0.2) is 0 Å². The summed E-state index contributed by atoms with van der Waals surface area (Å²) in [6.45, 7) is 3.15. The first-order valence-corrected chi connectivity index (χ1v) is 6.47. The molecule has 2 heterocycles. The van der Waals surface area contributed by atoms with E-state index in [0.717, 1.165) is 18.6 Å². The zero-order chi connectivity index (χ0) is 13.5. The lowest BCUT2D eigenvalue weighted by molar-refractivity contribution is 0.119. The van der Waals surface area contributed by atoms with Gasteiger partial charge in [0.15, 0.2) is 5.82 Å². The molecule has 6 heteroatoms. The number of hydrogen-bond donors (Lipinski definition) is 1. The summed E-state index contributed by atoms with van der Waals surface area (Å²) < 4.78 is 15.8. The van der Waals surface area contributed by atoms with E-state index in [0.29, 0.717) is 31.3 Å². The molecule has 6 nitrogen and oxygen atoms in total. The minimum atomic E-state index is -0.340. The van der Waals surface area contributed by atoms with Crippen molar-refractivity contribution in [1.29, 1.82) is 0 Å². The third kappa shape index (κ3) is 4.18. The first kappa shape index (κ1) is 13.8. The van der Waals surface area contributed by atoms with Crippen LogP contribution in [0.2, 0.25) is 0 Å². The predicted octanol–water partition coefficient (Wildman–Crippen LogP) is 1.87. The minimum Gasteiger partial charge on any atom is -0.469 e. The van der Waals surface area contributed by atoms with E-state index >= 15 is 0 Å². The molecule has 0 aromatic carbocycles. The Morgan fingerprint density at radius 2 is 2.32 bits per heavy atom. The van der Waals surface area contributed by atoms with Crippen molar-refractivity contribution in [2.75, 3.05) is 13.2 Å². The molecule has 0 spiro atoms. The Balaban J connectivity index is 1.81. The SMILES string of the molecule is CCCOCC(N)c1noc(CCc2ccco2)n1. The van der Waals surface area contributed by atoms with Crippen LogP contribution in [0.15, 0.2) is 27.3 Å². The highest BCUT2D eigenvalue weighted by atomic mass is 16.5. The summed E-state index contributed by atoms with van der Waals surface area (Å²) in [4.78, 5) is 4.26. The van der Waals surface area contributed by atoms with Crippen molar-refractivity contribution < 1.29 is 13.7 Å². The molecule has 104 valence electrons. The summed E-state index contributed by atoms with van der Waals surface area (Å²) in [5.74, 6) is 1.96. The van der Waals surface area contributed by atoms with Crippen LogP contribution < -0.4 is 5.73 Å². The third-order valence-electron chi connectivity index (χ3n) is 2.63. The first-order chi connectivity index (χ1) is 9.29. The van der Waals surface area contributed by atoms with Gasteiger partial charge in [-0.3, -0.25) is 0 Å². The standard InChI is InChI=1S/C13H19N3O3/c1-2-7-17-9-11(14)13-15-12(19-16-13)6-5-10-4-3-8-18-10/h3-4,8,11H,2,5-7,9,14H2,1H3. The second kappa shape index (κ2) is 7.06. The molecule has 0 radical (unpaired) electrons. The Morgan fingerprint density at radius 1 is 1.42 bits per heavy atom. The molecule has 0 fully saturated rings. The predicted molar refractivity (Wildman–Crippen MR) is 68.5 cm³/mol. The van der Waals surface area contributed by atoms with Crippen molar-refractivity contribution in [2.45, 2.75) is 32.2 Å².